The second kappa shape index (κ2) is 8.61. The second-order valence-electron chi connectivity index (χ2n) is 6.78. The van der Waals surface area contributed by atoms with Crippen molar-refractivity contribution in [2.45, 2.75) is 19.4 Å². The molecule has 5 nitrogen and oxygen atoms in total. The van der Waals surface area contributed by atoms with Crippen molar-refractivity contribution in [2.24, 2.45) is 0 Å². The molecule has 0 N–H and O–H groups in total. The molecule has 4 rings (SSSR count). The fourth-order valence-electron chi connectivity index (χ4n) is 3.28. The highest BCUT2D eigenvalue weighted by Gasteiger charge is 2.22. The molecule has 2 aromatic carbocycles. The van der Waals surface area contributed by atoms with Gasteiger partial charge in [-0.1, -0.05) is 18.2 Å². The summed E-state index contributed by atoms with van der Waals surface area (Å²) in [5.41, 5.74) is 1.79. The van der Waals surface area contributed by atoms with E-state index in [9.17, 15) is 9.18 Å². The number of ether oxygens (including phenoxy) is 2. The number of benzene rings is 2. The molecule has 2 heterocycles. The summed E-state index contributed by atoms with van der Waals surface area (Å²) in [6, 6.07) is 12.0. The molecular weight excluding hydrogens is 391 g/mol. The first-order valence-electron chi connectivity index (χ1n) is 9.45. The summed E-state index contributed by atoms with van der Waals surface area (Å²) in [7, 11) is 1.55. The topological polar surface area (TPSA) is 51.7 Å². The predicted octanol–water partition coefficient (Wildman–Crippen LogP) is 4.77. The number of carbonyl (C=O) groups is 1. The summed E-state index contributed by atoms with van der Waals surface area (Å²) in [4.78, 5) is 18.9. The summed E-state index contributed by atoms with van der Waals surface area (Å²) in [6.45, 7) is 1.70. The van der Waals surface area contributed by atoms with E-state index in [1.54, 1.807) is 36.8 Å². The molecule has 1 aliphatic heterocycles. The van der Waals surface area contributed by atoms with Gasteiger partial charge in [0.15, 0.2) is 11.5 Å². The van der Waals surface area contributed by atoms with Crippen LogP contribution in [0.5, 0.6) is 11.5 Å². The number of amides is 1. The largest absolute Gasteiger partial charge is 0.493 e. The standard InChI is InChI=1S/C22H21FN2O3S/c1-27-20-12-15(8-9-19(20)28-13-16-6-2-3-7-17(16)23)21-24-18(14-29-21)22(26)25-10-4-5-11-25/h2-3,6-9,12,14H,4-5,10-11,13H2,1H3. The second-order valence-corrected chi connectivity index (χ2v) is 7.64. The maximum Gasteiger partial charge on any atom is 0.273 e. The Morgan fingerprint density at radius 1 is 1.17 bits per heavy atom. The Balaban J connectivity index is 1.51. The van der Waals surface area contributed by atoms with Crippen molar-refractivity contribution in [3.8, 4) is 22.1 Å². The van der Waals surface area contributed by atoms with Crippen LogP contribution in [0.1, 0.15) is 28.9 Å². The van der Waals surface area contributed by atoms with Gasteiger partial charge in [-0.05, 0) is 37.1 Å². The van der Waals surface area contributed by atoms with E-state index in [-0.39, 0.29) is 18.3 Å². The highest BCUT2D eigenvalue weighted by molar-refractivity contribution is 7.13. The number of hydrogen-bond donors (Lipinski definition) is 0. The molecule has 1 saturated heterocycles. The zero-order valence-electron chi connectivity index (χ0n) is 16.1. The molecule has 0 radical (unpaired) electrons. The molecule has 1 aromatic heterocycles. The maximum atomic E-state index is 13.8. The monoisotopic (exact) mass is 412 g/mol. The predicted molar refractivity (Wildman–Crippen MR) is 110 cm³/mol. The molecule has 29 heavy (non-hydrogen) atoms. The van der Waals surface area contributed by atoms with Crippen molar-refractivity contribution in [2.75, 3.05) is 20.2 Å². The number of halogens is 1. The van der Waals surface area contributed by atoms with Gasteiger partial charge in [0.05, 0.1) is 7.11 Å². The third kappa shape index (κ3) is 4.24. The molecule has 150 valence electrons. The van der Waals surface area contributed by atoms with Crippen LogP contribution in [0.3, 0.4) is 0 Å². The average Bonchev–Trinajstić information content (AvgIpc) is 3.45. The number of carbonyl (C=O) groups excluding carboxylic acids is 1. The molecule has 1 aliphatic rings. The van der Waals surface area contributed by atoms with Crippen LogP contribution < -0.4 is 9.47 Å². The number of rotatable bonds is 6. The van der Waals surface area contributed by atoms with E-state index in [4.69, 9.17) is 9.47 Å². The van der Waals surface area contributed by atoms with Gasteiger partial charge in [0.1, 0.15) is 23.1 Å². The van der Waals surface area contributed by atoms with E-state index in [1.165, 1.54) is 17.4 Å². The van der Waals surface area contributed by atoms with Crippen molar-refractivity contribution in [1.82, 2.24) is 9.88 Å². The van der Waals surface area contributed by atoms with Gasteiger partial charge in [0, 0.05) is 29.6 Å². The summed E-state index contributed by atoms with van der Waals surface area (Å²) in [5.74, 6) is 0.730. The molecule has 1 fully saturated rings. The zero-order chi connectivity index (χ0) is 20.2. The van der Waals surface area contributed by atoms with Gasteiger partial charge < -0.3 is 14.4 Å². The van der Waals surface area contributed by atoms with E-state index >= 15 is 0 Å². The molecule has 0 unspecified atom stereocenters. The lowest BCUT2D eigenvalue weighted by Gasteiger charge is -2.13. The van der Waals surface area contributed by atoms with Gasteiger partial charge in [-0.15, -0.1) is 11.3 Å². The quantitative estimate of drug-likeness (QED) is 0.585. The lowest BCUT2D eigenvalue weighted by molar-refractivity contribution is 0.0788. The van der Waals surface area contributed by atoms with E-state index in [0.29, 0.717) is 22.8 Å². The Hall–Kier alpha value is -2.93. The van der Waals surface area contributed by atoms with Crippen LogP contribution in [0.25, 0.3) is 10.6 Å². The van der Waals surface area contributed by atoms with Crippen LogP contribution >= 0.6 is 11.3 Å². The number of likely N-dealkylation sites (tertiary alicyclic amines) is 1. The summed E-state index contributed by atoms with van der Waals surface area (Å²) >= 11 is 1.42. The third-order valence-corrected chi connectivity index (χ3v) is 5.76. The van der Waals surface area contributed by atoms with E-state index < -0.39 is 0 Å². The number of nitrogens with zero attached hydrogens (tertiary/aromatic N) is 2. The van der Waals surface area contributed by atoms with Gasteiger partial charge in [0.2, 0.25) is 0 Å². The lowest BCUT2D eigenvalue weighted by Crippen LogP contribution is -2.27. The molecule has 0 bridgehead atoms. The Morgan fingerprint density at radius 3 is 2.72 bits per heavy atom. The minimum absolute atomic E-state index is 0.0122. The fraction of sp³-hybridized carbons (Fsp3) is 0.273. The lowest BCUT2D eigenvalue weighted by atomic mass is 10.2. The number of aromatic nitrogens is 1. The number of thiazole rings is 1. The highest BCUT2D eigenvalue weighted by Crippen LogP contribution is 2.34. The smallest absolute Gasteiger partial charge is 0.273 e. The van der Waals surface area contributed by atoms with Gasteiger partial charge in [-0.3, -0.25) is 4.79 Å². The molecule has 0 aliphatic carbocycles. The van der Waals surface area contributed by atoms with E-state index in [0.717, 1.165) is 36.5 Å². The zero-order valence-corrected chi connectivity index (χ0v) is 16.9. The summed E-state index contributed by atoms with van der Waals surface area (Å²) in [5, 5.41) is 2.54. The van der Waals surface area contributed by atoms with Crippen LogP contribution in [0, 0.1) is 5.82 Å². The Labute approximate surface area is 172 Å². The number of methoxy groups -OCH3 is 1. The average molecular weight is 412 g/mol. The molecule has 1 amide bonds. The molecule has 0 spiro atoms. The Kier molecular flexibility index (Phi) is 5.76. The van der Waals surface area contributed by atoms with Crippen molar-refractivity contribution in [3.63, 3.8) is 0 Å². The number of hydrogen-bond acceptors (Lipinski definition) is 5. The van der Waals surface area contributed by atoms with Crippen LogP contribution in [0.2, 0.25) is 0 Å². The van der Waals surface area contributed by atoms with Crippen molar-refractivity contribution in [1.29, 1.82) is 0 Å². The van der Waals surface area contributed by atoms with Gasteiger partial charge in [-0.2, -0.15) is 0 Å². The minimum Gasteiger partial charge on any atom is -0.493 e. The normalized spacial score (nSPS) is 13.5. The van der Waals surface area contributed by atoms with E-state index in [1.807, 2.05) is 17.0 Å². The van der Waals surface area contributed by atoms with Gasteiger partial charge in [-0.25, -0.2) is 9.37 Å². The molecule has 0 atom stereocenters. The fourth-order valence-corrected chi connectivity index (χ4v) is 4.07. The van der Waals surface area contributed by atoms with Crippen LogP contribution in [-0.4, -0.2) is 36.0 Å². The molecule has 7 heteroatoms. The summed E-state index contributed by atoms with van der Waals surface area (Å²) in [6.07, 6.45) is 2.10. The first-order valence-corrected chi connectivity index (χ1v) is 10.3. The van der Waals surface area contributed by atoms with E-state index in [2.05, 4.69) is 4.98 Å². The first-order chi connectivity index (χ1) is 14.2. The Bertz CT molecular complexity index is 1010. The molecular formula is C22H21FN2O3S. The van der Waals surface area contributed by atoms with Crippen molar-refractivity contribution >= 4 is 17.2 Å². The SMILES string of the molecule is COc1cc(-c2nc(C(=O)N3CCCC3)cs2)ccc1OCc1ccccc1F. The molecule has 0 saturated carbocycles. The first kappa shape index (κ1) is 19.4. The highest BCUT2D eigenvalue weighted by atomic mass is 32.1. The minimum atomic E-state index is -0.305. The van der Waals surface area contributed by atoms with Gasteiger partial charge in [0.25, 0.3) is 5.91 Å². The summed E-state index contributed by atoms with van der Waals surface area (Å²) < 4.78 is 25.0. The van der Waals surface area contributed by atoms with Crippen LogP contribution in [0.4, 0.5) is 4.39 Å². The van der Waals surface area contributed by atoms with Crippen molar-refractivity contribution in [3.05, 3.63) is 64.9 Å². The molecule has 3 aromatic rings. The van der Waals surface area contributed by atoms with Crippen LogP contribution in [-0.2, 0) is 6.61 Å². The van der Waals surface area contributed by atoms with Crippen molar-refractivity contribution < 1.29 is 18.7 Å². The third-order valence-electron chi connectivity index (χ3n) is 4.87. The van der Waals surface area contributed by atoms with Gasteiger partial charge >= 0.3 is 0 Å². The maximum absolute atomic E-state index is 13.8. The van der Waals surface area contributed by atoms with Crippen LogP contribution in [0.15, 0.2) is 47.8 Å². The Morgan fingerprint density at radius 2 is 1.97 bits per heavy atom.